The van der Waals surface area contributed by atoms with E-state index in [0.29, 0.717) is 6.04 Å². The number of piperidine rings is 1. The Bertz CT molecular complexity index is 732. The fourth-order valence-corrected chi connectivity index (χ4v) is 5.21. The van der Waals surface area contributed by atoms with Crippen LogP contribution in [0.1, 0.15) is 48.6 Å². The molecule has 3 heterocycles. The Kier molecular flexibility index (Phi) is 4.51. The highest BCUT2D eigenvalue weighted by molar-refractivity contribution is 7.09. The van der Waals surface area contributed by atoms with Crippen LogP contribution in [0, 0.1) is 5.92 Å². The van der Waals surface area contributed by atoms with Gasteiger partial charge in [-0.15, -0.1) is 11.3 Å². The van der Waals surface area contributed by atoms with Crippen LogP contribution in [0.3, 0.4) is 0 Å². The third-order valence-electron chi connectivity index (χ3n) is 6.28. The van der Waals surface area contributed by atoms with E-state index in [4.69, 9.17) is 4.74 Å². The molecule has 1 atom stereocenters. The van der Waals surface area contributed by atoms with E-state index in [-0.39, 0.29) is 5.60 Å². The summed E-state index contributed by atoms with van der Waals surface area (Å²) in [4.78, 5) is 4.07. The Morgan fingerprint density at radius 2 is 1.96 bits per heavy atom. The maximum Gasteiger partial charge on any atom is 0.124 e. The van der Waals surface area contributed by atoms with Crippen molar-refractivity contribution in [3.63, 3.8) is 0 Å². The lowest BCUT2D eigenvalue weighted by Crippen LogP contribution is -2.52. The molecule has 0 radical (unpaired) electrons. The van der Waals surface area contributed by atoms with E-state index < -0.39 is 0 Å². The van der Waals surface area contributed by atoms with Crippen molar-refractivity contribution in [2.45, 2.75) is 50.3 Å². The fourth-order valence-electron chi connectivity index (χ4n) is 4.55. The molecule has 1 saturated heterocycles. The Morgan fingerprint density at radius 3 is 2.73 bits per heavy atom. The smallest absolute Gasteiger partial charge is 0.124 e. The second kappa shape index (κ2) is 6.99. The van der Waals surface area contributed by atoms with E-state index in [2.05, 4.69) is 52.0 Å². The molecule has 1 aromatic heterocycles. The van der Waals surface area contributed by atoms with Crippen LogP contribution in [-0.4, -0.2) is 30.1 Å². The molecule has 2 fully saturated rings. The summed E-state index contributed by atoms with van der Waals surface area (Å²) in [6.45, 7) is 4.64. The van der Waals surface area contributed by atoms with Gasteiger partial charge in [0.2, 0.25) is 0 Å². The quantitative estimate of drug-likeness (QED) is 0.834. The number of nitrogens with one attached hydrogen (secondary N) is 1. The van der Waals surface area contributed by atoms with Crippen LogP contribution in [0.5, 0.6) is 5.75 Å². The Balaban J connectivity index is 1.31. The predicted molar refractivity (Wildman–Crippen MR) is 107 cm³/mol. The average Bonchev–Trinajstić information content (AvgIpc) is 3.33. The van der Waals surface area contributed by atoms with E-state index in [1.54, 1.807) is 0 Å². The van der Waals surface area contributed by atoms with Gasteiger partial charge in [0.25, 0.3) is 0 Å². The number of hydrogen-bond acceptors (Lipinski definition) is 4. The molecule has 1 N–H and O–H groups in total. The molecule has 2 aromatic rings. The molecule has 2 aliphatic heterocycles. The van der Waals surface area contributed by atoms with Gasteiger partial charge in [0, 0.05) is 49.1 Å². The van der Waals surface area contributed by atoms with Crippen molar-refractivity contribution in [1.29, 1.82) is 0 Å². The number of hydrogen-bond donors (Lipinski definition) is 1. The zero-order valence-corrected chi connectivity index (χ0v) is 16.1. The van der Waals surface area contributed by atoms with Gasteiger partial charge in [-0.3, -0.25) is 0 Å². The van der Waals surface area contributed by atoms with Crippen molar-refractivity contribution < 1.29 is 4.74 Å². The highest BCUT2D eigenvalue weighted by Crippen LogP contribution is 2.44. The lowest BCUT2D eigenvalue weighted by Gasteiger charge is -2.47. The molecular weight excluding hydrogens is 340 g/mol. The number of likely N-dealkylation sites (tertiary alicyclic amines) is 1. The largest absolute Gasteiger partial charge is 0.487 e. The molecule has 1 spiro atoms. The van der Waals surface area contributed by atoms with Gasteiger partial charge in [-0.2, -0.15) is 0 Å². The second-order valence-electron chi connectivity index (χ2n) is 8.28. The summed E-state index contributed by atoms with van der Waals surface area (Å²) in [6, 6.07) is 13.4. The van der Waals surface area contributed by atoms with Gasteiger partial charge in [-0.25, -0.2) is 0 Å². The summed E-state index contributed by atoms with van der Waals surface area (Å²) in [5.74, 6) is 2.08. The van der Waals surface area contributed by atoms with Gasteiger partial charge in [0.1, 0.15) is 11.4 Å². The van der Waals surface area contributed by atoms with E-state index in [1.165, 1.54) is 42.9 Å². The van der Waals surface area contributed by atoms with E-state index in [0.717, 1.165) is 37.5 Å². The molecule has 0 bridgehead atoms. The van der Waals surface area contributed by atoms with Crippen LogP contribution in [0.2, 0.25) is 0 Å². The normalized spacial score (nSPS) is 25.0. The highest BCUT2D eigenvalue weighted by atomic mass is 32.1. The average molecular weight is 369 g/mol. The number of thiophene rings is 1. The Hall–Kier alpha value is -1.36. The van der Waals surface area contributed by atoms with Gasteiger partial charge in [0.05, 0.1) is 0 Å². The topological polar surface area (TPSA) is 24.5 Å². The van der Waals surface area contributed by atoms with Crippen molar-refractivity contribution in [1.82, 2.24) is 10.2 Å². The first-order valence-electron chi connectivity index (χ1n) is 10.1. The summed E-state index contributed by atoms with van der Waals surface area (Å²) in [5, 5.41) is 5.98. The monoisotopic (exact) mass is 368 g/mol. The molecule has 0 amide bonds. The molecule has 5 rings (SSSR count). The third kappa shape index (κ3) is 3.55. The maximum atomic E-state index is 6.63. The summed E-state index contributed by atoms with van der Waals surface area (Å²) in [5.41, 5.74) is 1.34. The number of rotatable bonds is 5. The number of ether oxygens (including phenoxy) is 1. The molecular formula is C22H28N2OS. The van der Waals surface area contributed by atoms with E-state index >= 15 is 0 Å². The highest BCUT2D eigenvalue weighted by Gasteiger charge is 2.43. The summed E-state index contributed by atoms with van der Waals surface area (Å²) < 4.78 is 6.63. The zero-order valence-electron chi connectivity index (χ0n) is 15.3. The SMILES string of the molecule is c1csc(CN[C@@H]2CC3(CCN(CC4CC4)CC3)Oc3ccccc32)c1. The lowest BCUT2D eigenvalue weighted by molar-refractivity contribution is -0.0262. The summed E-state index contributed by atoms with van der Waals surface area (Å²) in [7, 11) is 0. The minimum Gasteiger partial charge on any atom is -0.487 e. The van der Waals surface area contributed by atoms with Gasteiger partial charge in [-0.1, -0.05) is 24.3 Å². The Morgan fingerprint density at radius 1 is 1.12 bits per heavy atom. The Labute approximate surface area is 160 Å². The van der Waals surface area contributed by atoms with Crippen molar-refractivity contribution >= 4 is 11.3 Å². The van der Waals surface area contributed by atoms with Crippen LogP contribution in [0.4, 0.5) is 0 Å². The van der Waals surface area contributed by atoms with Gasteiger partial charge in [0.15, 0.2) is 0 Å². The molecule has 1 aliphatic carbocycles. The van der Waals surface area contributed by atoms with Crippen LogP contribution < -0.4 is 10.1 Å². The second-order valence-corrected chi connectivity index (χ2v) is 9.32. The van der Waals surface area contributed by atoms with Crippen LogP contribution in [-0.2, 0) is 6.54 Å². The van der Waals surface area contributed by atoms with Crippen molar-refractivity contribution in [2.75, 3.05) is 19.6 Å². The van der Waals surface area contributed by atoms with Gasteiger partial charge >= 0.3 is 0 Å². The minimum absolute atomic E-state index is 0.0154. The molecule has 1 aromatic carbocycles. The molecule has 0 unspecified atom stereocenters. The number of benzene rings is 1. The fraction of sp³-hybridized carbons (Fsp3) is 0.545. The standard InChI is InChI=1S/C22H28N2OS/c1-2-6-21-19(5-1)20(23-15-18-4-3-13-26-18)14-22(25-21)9-11-24(12-10-22)16-17-7-8-17/h1-6,13,17,20,23H,7-12,14-16H2/t20-/m1/s1. The molecule has 3 nitrogen and oxygen atoms in total. The number of fused-ring (bicyclic) bond motifs is 1. The summed E-state index contributed by atoms with van der Waals surface area (Å²) >= 11 is 1.83. The summed E-state index contributed by atoms with van der Waals surface area (Å²) in [6.07, 6.45) is 6.30. The lowest BCUT2D eigenvalue weighted by atomic mass is 9.80. The predicted octanol–water partition coefficient (Wildman–Crippen LogP) is 4.61. The third-order valence-corrected chi connectivity index (χ3v) is 7.16. The first-order valence-corrected chi connectivity index (χ1v) is 10.9. The minimum atomic E-state index is 0.0154. The van der Waals surface area contributed by atoms with Crippen LogP contribution >= 0.6 is 11.3 Å². The molecule has 1 saturated carbocycles. The number of nitrogens with zero attached hydrogens (tertiary/aromatic N) is 1. The van der Waals surface area contributed by atoms with Gasteiger partial charge in [-0.05, 0) is 49.1 Å². The van der Waals surface area contributed by atoms with Crippen LogP contribution in [0.15, 0.2) is 41.8 Å². The van der Waals surface area contributed by atoms with Crippen molar-refractivity contribution in [3.05, 3.63) is 52.2 Å². The number of para-hydroxylation sites is 1. The van der Waals surface area contributed by atoms with Crippen molar-refractivity contribution in [3.8, 4) is 5.75 Å². The molecule has 26 heavy (non-hydrogen) atoms. The molecule has 4 heteroatoms. The van der Waals surface area contributed by atoms with E-state index in [9.17, 15) is 0 Å². The van der Waals surface area contributed by atoms with Gasteiger partial charge < -0.3 is 15.0 Å². The molecule has 138 valence electrons. The maximum absolute atomic E-state index is 6.63. The van der Waals surface area contributed by atoms with Crippen LogP contribution in [0.25, 0.3) is 0 Å². The van der Waals surface area contributed by atoms with E-state index in [1.807, 2.05) is 11.3 Å². The molecule has 3 aliphatic rings. The first kappa shape index (κ1) is 16.8. The van der Waals surface area contributed by atoms with Crippen molar-refractivity contribution in [2.24, 2.45) is 5.92 Å². The first-order chi connectivity index (χ1) is 12.8. The zero-order chi connectivity index (χ0) is 17.4.